The molecule has 0 aliphatic heterocycles. The van der Waals surface area contributed by atoms with Crippen LogP contribution in [0.2, 0.25) is 0 Å². The lowest BCUT2D eigenvalue weighted by Gasteiger charge is -2.14. The monoisotopic (exact) mass is 380 g/mol. The highest BCUT2D eigenvalue weighted by Gasteiger charge is 2.11. The molecule has 5 aromatic rings. The first kappa shape index (κ1) is 17.3. The van der Waals surface area contributed by atoms with Gasteiger partial charge in [-0.2, -0.15) is 4.98 Å². The van der Waals surface area contributed by atoms with Crippen molar-refractivity contribution >= 4 is 28.0 Å². The maximum absolute atomic E-state index is 4.59. The summed E-state index contributed by atoms with van der Waals surface area (Å²) in [6.45, 7) is 2.90. The van der Waals surface area contributed by atoms with Crippen LogP contribution in [0.5, 0.6) is 0 Å². The molecule has 0 saturated carbocycles. The number of benzene rings is 2. The van der Waals surface area contributed by atoms with Gasteiger partial charge in [0, 0.05) is 29.8 Å². The third-order valence-electron chi connectivity index (χ3n) is 5.14. The Morgan fingerprint density at radius 3 is 2.76 bits per heavy atom. The van der Waals surface area contributed by atoms with E-state index in [0.717, 1.165) is 27.6 Å². The Kier molecular flexibility index (Phi) is 4.37. The van der Waals surface area contributed by atoms with E-state index < -0.39 is 0 Å². The number of hydrogen-bond acceptors (Lipinski definition) is 5. The molecule has 0 radical (unpaired) electrons. The van der Waals surface area contributed by atoms with Crippen LogP contribution in [0.15, 0.2) is 73.1 Å². The first-order valence-corrected chi connectivity index (χ1v) is 9.63. The molecule has 2 aromatic carbocycles. The molecule has 1 atom stereocenters. The van der Waals surface area contributed by atoms with E-state index in [1.807, 2.05) is 36.5 Å². The molecule has 0 bridgehead atoms. The Morgan fingerprint density at radius 2 is 1.86 bits per heavy atom. The Hall–Kier alpha value is -3.80. The number of aromatic amines is 1. The van der Waals surface area contributed by atoms with Gasteiger partial charge in [-0.3, -0.25) is 4.98 Å². The number of hydrogen-bond donors (Lipinski definition) is 2. The molecule has 29 heavy (non-hydrogen) atoms. The maximum Gasteiger partial charge on any atom is 0.244 e. The number of H-pyrrole nitrogens is 1. The molecule has 0 fully saturated rings. The Balaban J connectivity index is 1.34. The summed E-state index contributed by atoms with van der Waals surface area (Å²) in [7, 11) is 0. The Bertz CT molecular complexity index is 1280. The van der Waals surface area contributed by atoms with Gasteiger partial charge in [-0.25, -0.2) is 0 Å². The molecule has 0 saturated heterocycles. The van der Waals surface area contributed by atoms with Crippen LogP contribution in [0, 0.1) is 0 Å². The third kappa shape index (κ3) is 3.40. The molecule has 2 N–H and O–H groups in total. The summed E-state index contributed by atoms with van der Waals surface area (Å²) in [6.07, 6.45) is 3.68. The molecule has 3 heterocycles. The van der Waals surface area contributed by atoms with Crippen molar-refractivity contribution in [2.75, 3.05) is 11.9 Å². The molecule has 142 valence electrons. The van der Waals surface area contributed by atoms with Gasteiger partial charge in [0.05, 0.1) is 0 Å². The molecule has 0 spiro atoms. The molecule has 0 aliphatic carbocycles. The summed E-state index contributed by atoms with van der Waals surface area (Å²) in [5, 5.41) is 13.0. The number of para-hydroxylation sites is 1. The number of fused-ring (bicyclic) bond motifs is 3. The molecular formula is C23H20N6. The van der Waals surface area contributed by atoms with Crippen LogP contribution in [0.25, 0.3) is 33.2 Å². The molecule has 0 aliphatic rings. The highest BCUT2D eigenvalue weighted by molar-refractivity contribution is 6.03. The number of nitrogens with one attached hydrogen (secondary N) is 2. The van der Waals surface area contributed by atoms with Crippen molar-refractivity contribution < 1.29 is 0 Å². The van der Waals surface area contributed by atoms with Crippen molar-refractivity contribution in [3.8, 4) is 11.1 Å². The van der Waals surface area contributed by atoms with Gasteiger partial charge in [-0.05, 0) is 34.7 Å². The molecule has 6 heteroatoms. The van der Waals surface area contributed by atoms with Crippen LogP contribution < -0.4 is 5.32 Å². The first-order chi connectivity index (χ1) is 14.3. The van der Waals surface area contributed by atoms with Crippen molar-refractivity contribution in [1.29, 1.82) is 0 Å². The van der Waals surface area contributed by atoms with E-state index in [2.05, 4.69) is 67.7 Å². The van der Waals surface area contributed by atoms with Crippen LogP contribution in [0.3, 0.4) is 0 Å². The van der Waals surface area contributed by atoms with E-state index in [1.165, 1.54) is 11.1 Å². The number of anilines is 1. The summed E-state index contributed by atoms with van der Waals surface area (Å²) < 4.78 is 0. The molecule has 3 aromatic heterocycles. The summed E-state index contributed by atoms with van der Waals surface area (Å²) in [4.78, 5) is 12.1. The standard InChI is InChI=1S/C23H20N6/c1-15(16-6-4-7-17(12-16)18-8-5-11-24-14-18)13-25-23-27-22-21(28-29-23)19-9-2-3-10-20(19)26-22/h2-12,14-15H,13H2,1H3,(H2,25,26,27,29). The zero-order chi connectivity index (χ0) is 19.6. The minimum atomic E-state index is 0.286. The van der Waals surface area contributed by atoms with E-state index >= 15 is 0 Å². The quantitative estimate of drug-likeness (QED) is 0.458. The molecule has 0 amide bonds. The van der Waals surface area contributed by atoms with Gasteiger partial charge >= 0.3 is 0 Å². The van der Waals surface area contributed by atoms with Crippen LogP contribution >= 0.6 is 0 Å². The lowest BCUT2D eigenvalue weighted by Crippen LogP contribution is -2.12. The number of aromatic nitrogens is 5. The van der Waals surface area contributed by atoms with Gasteiger partial charge < -0.3 is 10.3 Å². The van der Waals surface area contributed by atoms with E-state index in [-0.39, 0.29) is 5.92 Å². The van der Waals surface area contributed by atoms with Crippen LogP contribution in [0.1, 0.15) is 18.4 Å². The summed E-state index contributed by atoms with van der Waals surface area (Å²) in [5.74, 6) is 0.813. The average molecular weight is 380 g/mol. The SMILES string of the molecule is CC(CNc1nnc2c(n1)[nH]c1ccccc12)c1cccc(-c2cccnc2)c1. The number of rotatable bonds is 5. The second-order valence-corrected chi connectivity index (χ2v) is 7.15. The highest BCUT2D eigenvalue weighted by atomic mass is 15.2. The summed E-state index contributed by atoms with van der Waals surface area (Å²) in [6, 6.07) is 20.6. The fraction of sp³-hybridized carbons (Fsp3) is 0.130. The van der Waals surface area contributed by atoms with Gasteiger partial charge in [0.25, 0.3) is 0 Å². The first-order valence-electron chi connectivity index (χ1n) is 9.63. The number of pyridine rings is 1. The zero-order valence-electron chi connectivity index (χ0n) is 16.0. The van der Waals surface area contributed by atoms with Crippen LogP contribution in [-0.4, -0.2) is 31.7 Å². The molecular weight excluding hydrogens is 360 g/mol. The third-order valence-corrected chi connectivity index (χ3v) is 5.14. The number of nitrogens with zero attached hydrogens (tertiary/aromatic N) is 4. The topological polar surface area (TPSA) is 79.4 Å². The van der Waals surface area contributed by atoms with E-state index in [4.69, 9.17) is 0 Å². The largest absolute Gasteiger partial charge is 0.352 e. The summed E-state index contributed by atoms with van der Waals surface area (Å²) >= 11 is 0. The van der Waals surface area contributed by atoms with E-state index in [9.17, 15) is 0 Å². The van der Waals surface area contributed by atoms with Crippen molar-refractivity contribution in [3.63, 3.8) is 0 Å². The van der Waals surface area contributed by atoms with Gasteiger partial charge in [0.1, 0.15) is 5.52 Å². The van der Waals surface area contributed by atoms with Gasteiger partial charge in [-0.15, -0.1) is 10.2 Å². The maximum atomic E-state index is 4.59. The minimum Gasteiger partial charge on any atom is -0.352 e. The average Bonchev–Trinajstić information content (AvgIpc) is 3.16. The van der Waals surface area contributed by atoms with Gasteiger partial charge in [0.2, 0.25) is 5.95 Å². The van der Waals surface area contributed by atoms with Crippen molar-refractivity contribution in [2.45, 2.75) is 12.8 Å². The fourth-order valence-electron chi connectivity index (χ4n) is 3.52. The van der Waals surface area contributed by atoms with Crippen molar-refractivity contribution in [2.24, 2.45) is 0 Å². The van der Waals surface area contributed by atoms with Crippen molar-refractivity contribution in [3.05, 3.63) is 78.6 Å². The van der Waals surface area contributed by atoms with E-state index in [0.29, 0.717) is 12.5 Å². The van der Waals surface area contributed by atoms with Crippen LogP contribution in [0.4, 0.5) is 5.95 Å². The van der Waals surface area contributed by atoms with Crippen molar-refractivity contribution in [1.82, 2.24) is 25.1 Å². The second kappa shape index (κ2) is 7.31. The minimum absolute atomic E-state index is 0.286. The predicted molar refractivity (Wildman–Crippen MR) is 116 cm³/mol. The van der Waals surface area contributed by atoms with E-state index in [1.54, 1.807) is 6.20 Å². The zero-order valence-corrected chi connectivity index (χ0v) is 16.0. The normalized spacial score (nSPS) is 12.3. The lowest BCUT2D eigenvalue weighted by molar-refractivity contribution is 0.793. The Labute approximate surface area is 168 Å². The highest BCUT2D eigenvalue weighted by Crippen LogP contribution is 2.25. The molecule has 1 unspecified atom stereocenters. The smallest absolute Gasteiger partial charge is 0.244 e. The fourth-order valence-corrected chi connectivity index (χ4v) is 3.52. The predicted octanol–water partition coefficient (Wildman–Crippen LogP) is 4.78. The molecule has 5 rings (SSSR count). The summed E-state index contributed by atoms with van der Waals surface area (Å²) in [5.41, 5.74) is 6.09. The van der Waals surface area contributed by atoms with Crippen LogP contribution in [-0.2, 0) is 0 Å². The second-order valence-electron chi connectivity index (χ2n) is 7.15. The van der Waals surface area contributed by atoms with Gasteiger partial charge in [-0.1, -0.05) is 55.5 Å². The Morgan fingerprint density at radius 1 is 0.966 bits per heavy atom. The van der Waals surface area contributed by atoms with Gasteiger partial charge in [0.15, 0.2) is 5.65 Å². The lowest BCUT2D eigenvalue weighted by atomic mass is 9.97. The molecule has 6 nitrogen and oxygen atoms in total.